The van der Waals surface area contributed by atoms with Gasteiger partial charge in [-0.05, 0) is 63.1 Å². The Morgan fingerprint density at radius 3 is 3.07 bits per heavy atom. The van der Waals surface area contributed by atoms with Crippen molar-refractivity contribution >= 4 is 29.7 Å². The Labute approximate surface area is 176 Å². The zero-order chi connectivity index (χ0) is 18.6. The second kappa shape index (κ2) is 9.87. The number of piperidine rings is 1. The maximum absolute atomic E-state index is 12.2. The number of halogens is 1. The molecule has 0 saturated carbocycles. The lowest BCUT2D eigenvalue weighted by Gasteiger charge is -2.32. The van der Waals surface area contributed by atoms with Crippen LogP contribution in [0.4, 0.5) is 0 Å². The van der Waals surface area contributed by atoms with E-state index >= 15 is 0 Å². The van der Waals surface area contributed by atoms with Crippen molar-refractivity contribution < 1.29 is 9.21 Å². The van der Waals surface area contributed by atoms with E-state index in [1.165, 1.54) is 6.42 Å². The molecule has 4 heterocycles. The molecule has 2 atom stereocenters. The first-order valence-corrected chi connectivity index (χ1v) is 10.8. The smallest absolute Gasteiger partial charge is 0.237 e. The van der Waals surface area contributed by atoms with E-state index in [0.717, 1.165) is 74.2 Å². The van der Waals surface area contributed by atoms with Gasteiger partial charge >= 0.3 is 0 Å². The second-order valence-electron chi connectivity index (χ2n) is 7.64. The number of aryl methyl sites for hydroxylation is 1. The molecule has 0 aromatic carbocycles. The van der Waals surface area contributed by atoms with Gasteiger partial charge in [0.05, 0.1) is 16.6 Å². The topological polar surface area (TPSA) is 70.4 Å². The highest BCUT2D eigenvalue weighted by molar-refractivity contribution is 7.13. The van der Waals surface area contributed by atoms with Crippen molar-refractivity contribution in [3.05, 3.63) is 29.0 Å². The van der Waals surface area contributed by atoms with Gasteiger partial charge in [-0.15, -0.1) is 23.7 Å². The lowest BCUT2D eigenvalue weighted by atomic mass is 9.97. The van der Waals surface area contributed by atoms with Crippen LogP contribution in [0.1, 0.15) is 37.1 Å². The third-order valence-corrected chi connectivity index (χ3v) is 6.40. The summed E-state index contributed by atoms with van der Waals surface area (Å²) in [5.41, 5.74) is 1.03. The highest BCUT2D eigenvalue weighted by atomic mass is 35.5. The van der Waals surface area contributed by atoms with Gasteiger partial charge in [0.2, 0.25) is 11.8 Å². The maximum Gasteiger partial charge on any atom is 0.237 e. The molecule has 0 radical (unpaired) electrons. The van der Waals surface area contributed by atoms with Crippen LogP contribution in [-0.2, 0) is 11.3 Å². The Bertz CT molecular complexity index is 758. The third-order valence-electron chi connectivity index (χ3n) is 5.54. The predicted molar refractivity (Wildman–Crippen MR) is 114 cm³/mol. The molecule has 4 rings (SSSR count). The van der Waals surface area contributed by atoms with Gasteiger partial charge in [-0.1, -0.05) is 6.07 Å². The van der Waals surface area contributed by atoms with Gasteiger partial charge in [0, 0.05) is 19.6 Å². The summed E-state index contributed by atoms with van der Waals surface area (Å²) in [6.45, 7) is 6.62. The maximum atomic E-state index is 12.2. The van der Waals surface area contributed by atoms with Gasteiger partial charge in [0.1, 0.15) is 5.76 Å². The number of carbonyl (C=O) groups is 1. The zero-order valence-corrected chi connectivity index (χ0v) is 17.9. The minimum atomic E-state index is 0. The molecule has 2 saturated heterocycles. The summed E-state index contributed by atoms with van der Waals surface area (Å²) in [6.07, 6.45) is 4.39. The average molecular weight is 425 g/mol. The predicted octanol–water partition coefficient (Wildman–Crippen LogP) is 3.21. The molecule has 2 unspecified atom stereocenters. The Hall–Kier alpha value is -1.41. The molecule has 2 aromatic rings. The van der Waals surface area contributed by atoms with Crippen LogP contribution in [-0.4, -0.2) is 48.0 Å². The van der Waals surface area contributed by atoms with Crippen LogP contribution in [0.5, 0.6) is 0 Å². The van der Waals surface area contributed by atoms with Crippen molar-refractivity contribution in [1.82, 2.24) is 20.5 Å². The first-order valence-electron chi connectivity index (χ1n) is 9.92. The molecule has 2 N–H and O–H groups in total. The summed E-state index contributed by atoms with van der Waals surface area (Å²) in [5.74, 6) is 2.30. The fourth-order valence-corrected chi connectivity index (χ4v) is 4.68. The Kier molecular flexibility index (Phi) is 7.51. The highest BCUT2D eigenvalue weighted by Gasteiger charge is 2.25. The Morgan fingerprint density at radius 2 is 2.32 bits per heavy atom. The van der Waals surface area contributed by atoms with Crippen LogP contribution in [0.3, 0.4) is 0 Å². The number of oxazole rings is 1. The lowest BCUT2D eigenvalue weighted by molar-refractivity contribution is -0.123. The largest absolute Gasteiger partial charge is 0.440 e. The van der Waals surface area contributed by atoms with Crippen LogP contribution in [0.2, 0.25) is 0 Å². The van der Waals surface area contributed by atoms with E-state index in [-0.39, 0.29) is 24.4 Å². The van der Waals surface area contributed by atoms with E-state index in [1.54, 1.807) is 11.3 Å². The number of aromatic nitrogens is 1. The van der Waals surface area contributed by atoms with Gasteiger partial charge in [0.15, 0.2) is 0 Å². The number of hydrogen-bond acceptors (Lipinski definition) is 6. The summed E-state index contributed by atoms with van der Waals surface area (Å²) >= 11 is 1.65. The molecule has 6 nitrogen and oxygen atoms in total. The number of thiophene rings is 1. The molecule has 2 aliphatic heterocycles. The number of rotatable bonds is 6. The van der Waals surface area contributed by atoms with Gasteiger partial charge < -0.3 is 15.1 Å². The molecule has 2 fully saturated rings. The van der Waals surface area contributed by atoms with Crippen molar-refractivity contribution in [3.63, 3.8) is 0 Å². The van der Waals surface area contributed by atoms with Gasteiger partial charge in [-0.2, -0.15) is 0 Å². The number of carbonyl (C=O) groups excluding carboxylic acids is 1. The van der Waals surface area contributed by atoms with Gasteiger partial charge in [0.25, 0.3) is 0 Å². The monoisotopic (exact) mass is 424 g/mol. The first kappa shape index (κ1) is 21.3. The summed E-state index contributed by atoms with van der Waals surface area (Å²) in [7, 11) is 0. The molecular formula is C20H29ClN4O2S. The average Bonchev–Trinajstić information content (AvgIpc) is 3.43. The molecule has 0 spiro atoms. The molecule has 0 aliphatic carbocycles. The van der Waals surface area contributed by atoms with Gasteiger partial charge in [-0.25, -0.2) is 4.98 Å². The van der Waals surface area contributed by atoms with E-state index < -0.39 is 0 Å². The minimum Gasteiger partial charge on any atom is -0.440 e. The third kappa shape index (κ3) is 5.14. The van der Waals surface area contributed by atoms with Crippen LogP contribution >= 0.6 is 23.7 Å². The first-order chi connectivity index (χ1) is 13.2. The minimum absolute atomic E-state index is 0. The Balaban J connectivity index is 0.00000225. The van der Waals surface area contributed by atoms with Crippen molar-refractivity contribution in [2.24, 2.45) is 5.92 Å². The fraction of sp³-hybridized carbons (Fsp3) is 0.600. The number of hydrogen-bond donors (Lipinski definition) is 2. The fourth-order valence-electron chi connectivity index (χ4n) is 4.03. The SMILES string of the molecule is Cc1oc(-c2cccs2)nc1CN1CCCC(CNC(=O)C2CCCN2)C1.Cl. The number of nitrogens with one attached hydrogen (secondary N) is 2. The summed E-state index contributed by atoms with van der Waals surface area (Å²) in [4.78, 5) is 20.4. The molecule has 1 amide bonds. The molecule has 154 valence electrons. The van der Waals surface area contributed by atoms with Crippen molar-refractivity contribution in [2.45, 2.75) is 45.2 Å². The van der Waals surface area contributed by atoms with E-state index in [2.05, 4.69) is 15.5 Å². The molecular weight excluding hydrogens is 396 g/mol. The van der Waals surface area contributed by atoms with Crippen LogP contribution in [0, 0.1) is 12.8 Å². The Morgan fingerprint density at radius 1 is 1.43 bits per heavy atom. The lowest BCUT2D eigenvalue weighted by Crippen LogP contribution is -2.45. The van der Waals surface area contributed by atoms with Crippen molar-refractivity contribution in [2.75, 3.05) is 26.2 Å². The number of nitrogens with zero attached hydrogens (tertiary/aromatic N) is 2. The van der Waals surface area contributed by atoms with E-state index in [0.29, 0.717) is 5.92 Å². The molecule has 2 aromatic heterocycles. The normalized spacial score (nSPS) is 22.8. The summed E-state index contributed by atoms with van der Waals surface area (Å²) < 4.78 is 5.87. The summed E-state index contributed by atoms with van der Waals surface area (Å²) in [6, 6.07) is 4.07. The quantitative estimate of drug-likeness (QED) is 0.745. The van der Waals surface area contributed by atoms with Crippen molar-refractivity contribution in [1.29, 1.82) is 0 Å². The number of likely N-dealkylation sites (tertiary alicyclic amines) is 1. The van der Waals surface area contributed by atoms with E-state index in [9.17, 15) is 4.79 Å². The van der Waals surface area contributed by atoms with Gasteiger partial charge in [-0.3, -0.25) is 9.69 Å². The zero-order valence-electron chi connectivity index (χ0n) is 16.3. The molecule has 0 bridgehead atoms. The van der Waals surface area contributed by atoms with Crippen molar-refractivity contribution in [3.8, 4) is 10.8 Å². The van der Waals surface area contributed by atoms with E-state index in [4.69, 9.17) is 9.40 Å². The highest BCUT2D eigenvalue weighted by Crippen LogP contribution is 2.27. The van der Waals surface area contributed by atoms with Crippen LogP contribution in [0.25, 0.3) is 10.8 Å². The number of amides is 1. The van der Waals surface area contributed by atoms with Crippen LogP contribution in [0.15, 0.2) is 21.9 Å². The standard InChI is InChI=1S/C20H28N4O2S.ClH/c1-14-17(23-20(26-14)18-7-4-10-27-18)13-24-9-3-5-15(12-24)11-22-19(25)16-6-2-8-21-16;/h4,7,10,15-16,21H,2-3,5-6,8-9,11-13H2,1H3,(H,22,25);1H. The molecule has 2 aliphatic rings. The molecule has 8 heteroatoms. The summed E-state index contributed by atoms with van der Waals surface area (Å²) in [5, 5.41) is 8.46. The van der Waals surface area contributed by atoms with Crippen LogP contribution < -0.4 is 10.6 Å². The molecule has 28 heavy (non-hydrogen) atoms. The van der Waals surface area contributed by atoms with E-state index in [1.807, 2.05) is 24.4 Å². The second-order valence-corrected chi connectivity index (χ2v) is 8.58.